The number of rotatable bonds is 15. The van der Waals surface area contributed by atoms with Crippen LogP contribution in [-0.4, -0.2) is 71.4 Å². The third-order valence-electron chi connectivity index (χ3n) is 4.66. The molecule has 4 amide bonds. The summed E-state index contributed by atoms with van der Waals surface area (Å²) in [6, 6.07) is 5.30. The number of hydrogen-bond donors (Lipinski definition) is 6. The summed E-state index contributed by atoms with van der Waals surface area (Å²) in [6.45, 7) is -0.311. The molecule has 1 rings (SSSR count). The molecule has 33 heavy (non-hydrogen) atoms. The smallest absolute Gasteiger partial charge is 0.326 e. The van der Waals surface area contributed by atoms with Gasteiger partial charge < -0.3 is 32.5 Å². The molecule has 3 atom stereocenters. The first-order valence-corrected chi connectivity index (χ1v) is 11.7. The molecule has 11 nitrogen and oxygen atoms in total. The minimum Gasteiger partial charge on any atom is -0.480 e. The second kappa shape index (κ2) is 14.9. The van der Waals surface area contributed by atoms with Crippen LogP contribution < -0.4 is 27.4 Å². The Labute approximate surface area is 196 Å². The van der Waals surface area contributed by atoms with E-state index < -0.39 is 47.7 Å². The predicted molar refractivity (Wildman–Crippen MR) is 124 cm³/mol. The number of carbonyl (C=O) groups excluding carboxylic acids is 4. The van der Waals surface area contributed by atoms with E-state index in [1.54, 1.807) is 30.3 Å². The number of carbonyl (C=O) groups is 5. The van der Waals surface area contributed by atoms with Crippen molar-refractivity contribution >= 4 is 41.4 Å². The first-order chi connectivity index (χ1) is 15.7. The Morgan fingerprint density at radius 1 is 0.939 bits per heavy atom. The summed E-state index contributed by atoms with van der Waals surface area (Å²) in [7, 11) is 0. The molecular weight excluding hydrogens is 450 g/mol. The van der Waals surface area contributed by atoms with E-state index in [1.165, 1.54) is 11.8 Å². The zero-order chi connectivity index (χ0) is 24.8. The van der Waals surface area contributed by atoms with Crippen LogP contribution in [0.1, 0.15) is 24.8 Å². The van der Waals surface area contributed by atoms with Gasteiger partial charge in [-0.1, -0.05) is 30.3 Å². The molecule has 1 aromatic carbocycles. The van der Waals surface area contributed by atoms with Crippen LogP contribution in [0.3, 0.4) is 0 Å². The van der Waals surface area contributed by atoms with Crippen LogP contribution >= 0.6 is 11.8 Å². The van der Waals surface area contributed by atoms with Crippen LogP contribution in [0.15, 0.2) is 30.3 Å². The zero-order valence-corrected chi connectivity index (χ0v) is 19.2. The van der Waals surface area contributed by atoms with Crippen LogP contribution in [0.4, 0.5) is 0 Å². The maximum atomic E-state index is 12.9. The average molecular weight is 482 g/mol. The molecule has 1 aromatic rings. The normalized spacial score (nSPS) is 13.3. The monoisotopic (exact) mass is 481 g/mol. The number of carboxylic acid groups (broad SMARTS) is 1. The van der Waals surface area contributed by atoms with E-state index in [0.717, 1.165) is 0 Å². The largest absolute Gasteiger partial charge is 0.480 e. The lowest BCUT2D eigenvalue weighted by molar-refractivity contribution is -0.142. The summed E-state index contributed by atoms with van der Waals surface area (Å²) in [5.74, 6) is -3.34. The molecule has 8 N–H and O–H groups in total. The highest BCUT2D eigenvalue weighted by Crippen LogP contribution is 2.07. The van der Waals surface area contributed by atoms with Crippen molar-refractivity contribution in [2.24, 2.45) is 11.5 Å². The summed E-state index contributed by atoms with van der Waals surface area (Å²) in [5.41, 5.74) is 11.2. The third kappa shape index (κ3) is 10.8. The fourth-order valence-corrected chi connectivity index (χ4v) is 3.38. The van der Waals surface area contributed by atoms with Gasteiger partial charge in [0.25, 0.3) is 0 Å². The molecule has 0 heterocycles. The van der Waals surface area contributed by atoms with Gasteiger partial charge in [-0.25, -0.2) is 4.79 Å². The molecular formula is C21H31N5O6S. The summed E-state index contributed by atoms with van der Waals surface area (Å²) in [6.07, 6.45) is 1.81. The molecule has 0 fully saturated rings. The van der Waals surface area contributed by atoms with Gasteiger partial charge in [-0.2, -0.15) is 11.8 Å². The molecule has 0 saturated heterocycles. The number of nitrogens with one attached hydrogen (secondary N) is 3. The SMILES string of the molecule is CSCCC(NC(=O)CN)C(=O)NC(CCC(N)=O)C(=O)NC(Cc1ccccc1)C(=O)O. The van der Waals surface area contributed by atoms with Gasteiger partial charge in [0, 0.05) is 12.8 Å². The maximum absolute atomic E-state index is 12.9. The summed E-state index contributed by atoms with van der Waals surface area (Å²) >= 11 is 1.47. The highest BCUT2D eigenvalue weighted by atomic mass is 32.2. The lowest BCUT2D eigenvalue weighted by Gasteiger charge is -2.24. The van der Waals surface area contributed by atoms with Crippen LogP contribution in [0.2, 0.25) is 0 Å². The first kappa shape index (κ1) is 27.9. The van der Waals surface area contributed by atoms with Gasteiger partial charge in [-0.05, 0) is 30.4 Å². The lowest BCUT2D eigenvalue weighted by atomic mass is 10.0. The molecule has 3 unspecified atom stereocenters. The number of hydrogen-bond acceptors (Lipinski definition) is 7. The minimum absolute atomic E-state index is 0.0291. The van der Waals surface area contributed by atoms with Crippen molar-refractivity contribution in [2.75, 3.05) is 18.6 Å². The molecule has 0 bridgehead atoms. The van der Waals surface area contributed by atoms with Crippen molar-refractivity contribution in [1.29, 1.82) is 0 Å². The number of benzene rings is 1. The number of thioether (sulfide) groups is 1. The predicted octanol–water partition coefficient (Wildman–Crippen LogP) is -1.25. The van der Waals surface area contributed by atoms with Crippen LogP contribution in [0.5, 0.6) is 0 Å². The Bertz CT molecular complexity index is 823. The van der Waals surface area contributed by atoms with E-state index in [-0.39, 0.29) is 32.2 Å². The van der Waals surface area contributed by atoms with E-state index in [2.05, 4.69) is 16.0 Å². The van der Waals surface area contributed by atoms with E-state index >= 15 is 0 Å². The van der Waals surface area contributed by atoms with Crippen molar-refractivity contribution in [3.05, 3.63) is 35.9 Å². The fourth-order valence-electron chi connectivity index (χ4n) is 2.91. The Morgan fingerprint density at radius 3 is 2.03 bits per heavy atom. The lowest BCUT2D eigenvalue weighted by Crippen LogP contribution is -2.56. The van der Waals surface area contributed by atoms with Crippen molar-refractivity contribution in [2.45, 2.75) is 43.8 Å². The standard InChI is InChI=1S/C21H31N5O6S/c1-33-10-9-15(24-18(28)12-22)20(30)25-14(7-8-17(23)27)19(29)26-16(21(31)32)11-13-5-3-2-4-6-13/h2-6,14-16H,7-12,22H2,1H3,(H2,23,27)(H,24,28)(H,25,30)(H,26,29)(H,31,32). The number of nitrogens with two attached hydrogens (primary N) is 2. The molecule has 0 aliphatic heterocycles. The maximum Gasteiger partial charge on any atom is 0.326 e. The Hall–Kier alpha value is -3.12. The van der Waals surface area contributed by atoms with Gasteiger partial charge >= 0.3 is 5.97 Å². The highest BCUT2D eigenvalue weighted by molar-refractivity contribution is 7.98. The van der Waals surface area contributed by atoms with Gasteiger partial charge in [-0.3, -0.25) is 19.2 Å². The van der Waals surface area contributed by atoms with E-state index in [1.807, 2.05) is 6.26 Å². The van der Waals surface area contributed by atoms with E-state index in [9.17, 15) is 29.1 Å². The molecule has 182 valence electrons. The summed E-state index contributed by atoms with van der Waals surface area (Å²) in [4.78, 5) is 60.3. The number of aliphatic carboxylic acids is 1. The van der Waals surface area contributed by atoms with Crippen LogP contribution in [-0.2, 0) is 30.4 Å². The van der Waals surface area contributed by atoms with Gasteiger partial charge in [0.15, 0.2) is 0 Å². The van der Waals surface area contributed by atoms with Gasteiger partial charge in [0.2, 0.25) is 23.6 Å². The van der Waals surface area contributed by atoms with E-state index in [0.29, 0.717) is 11.3 Å². The second-order valence-electron chi connectivity index (χ2n) is 7.26. The fraction of sp³-hybridized carbons (Fsp3) is 0.476. The second-order valence-corrected chi connectivity index (χ2v) is 8.25. The Kier molecular flexibility index (Phi) is 12.6. The quantitative estimate of drug-likeness (QED) is 0.179. The molecule has 0 aliphatic carbocycles. The first-order valence-electron chi connectivity index (χ1n) is 10.3. The van der Waals surface area contributed by atoms with Crippen LogP contribution in [0, 0.1) is 0 Å². The molecule has 0 spiro atoms. The molecule has 0 radical (unpaired) electrons. The minimum atomic E-state index is -1.25. The average Bonchev–Trinajstić information content (AvgIpc) is 2.78. The topological polar surface area (TPSA) is 194 Å². The molecule has 0 aliphatic rings. The number of primary amides is 1. The van der Waals surface area contributed by atoms with Crippen molar-refractivity contribution in [3.63, 3.8) is 0 Å². The Morgan fingerprint density at radius 2 is 1.52 bits per heavy atom. The molecule has 0 saturated carbocycles. The molecule has 0 aromatic heterocycles. The summed E-state index contributed by atoms with van der Waals surface area (Å²) in [5, 5.41) is 16.9. The van der Waals surface area contributed by atoms with E-state index in [4.69, 9.17) is 11.5 Å². The highest BCUT2D eigenvalue weighted by Gasteiger charge is 2.29. The van der Waals surface area contributed by atoms with Crippen molar-refractivity contribution in [3.8, 4) is 0 Å². The number of carboxylic acids is 1. The Balaban J connectivity index is 2.96. The van der Waals surface area contributed by atoms with Gasteiger partial charge in [-0.15, -0.1) is 0 Å². The third-order valence-corrected chi connectivity index (χ3v) is 5.30. The van der Waals surface area contributed by atoms with Crippen LogP contribution in [0.25, 0.3) is 0 Å². The zero-order valence-electron chi connectivity index (χ0n) is 18.4. The van der Waals surface area contributed by atoms with Gasteiger partial charge in [0.05, 0.1) is 6.54 Å². The summed E-state index contributed by atoms with van der Waals surface area (Å²) < 4.78 is 0. The van der Waals surface area contributed by atoms with Crippen molar-refractivity contribution in [1.82, 2.24) is 16.0 Å². The van der Waals surface area contributed by atoms with Crippen molar-refractivity contribution < 1.29 is 29.1 Å². The number of amides is 4. The molecule has 12 heteroatoms. The van der Waals surface area contributed by atoms with Gasteiger partial charge in [0.1, 0.15) is 18.1 Å².